The molecule has 0 bridgehead atoms. The summed E-state index contributed by atoms with van der Waals surface area (Å²) in [6.07, 6.45) is 0.858. The van der Waals surface area contributed by atoms with Crippen LogP contribution in [-0.4, -0.2) is 43.1 Å². The highest BCUT2D eigenvalue weighted by molar-refractivity contribution is 7.22. The summed E-state index contributed by atoms with van der Waals surface area (Å²) < 4.78 is 17.3. The topological polar surface area (TPSA) is 98.2 Å². The summed E-state index contributed by atoms with van der Waals surface area (Å²) in [4.78, 5) is 33.2. The number of benzene rings is 3. The van der Waals surface area contributed by atoms with E-state index in [1.807, 2.05) is 18.2 Å². The van der Waals surface area contributed by atoms with E-state index in [-0.39, 0.29) is 11.3 Å². The van der Waals surface area contributed by atoms with Crippen LogP contribution in [0.25, 0.3) is 16.0 Å². The minimum absolute atomic E-state index is 0.0692. The SMILES string of the molecule is CCc1ccc2nc(N3C(=O)C(=O)C(=C(O)c4ccc(OC)cc4)[C@H]3c3cccc(OC)c3OC)sc2c1. The standard InChI is InChI=1S/C29H26N2O6S/c1-5-16-9-14-20-22(15-16)38-29(30-20)31-24(19-7-6-8-21(36-3)27(19)37-4)23(26(33)28(31)34)25(32)17-10-12-18(35-2)13-11-17/h6-15,24,32H,5H2,1-4H3/t24-/m1/s1. The molecule has 0 unspecified atom stereocenters. The van der Waals surface area contributed by atoms with E-state index < -0.39 is 17.7 Å². The molecule has 2 heterocycles. The van der Waals surface area contributed by atoms with Gasteiger partial charge in [0.1, 0.15) is 17.6 Å². The van der Waals surface area contributed by atoms with E-state index in [0.29, 0.717) is 33.5 Å². The summed E-state index contributed by atoms with van der Waals surface area (Å²) in [6, 6.07) is 16.7. The van der Waals surface area contributed by atoms with Gasteiger partial charge < -0.3 is 19.3 Å². The number of hydrogen-bond acceptors (Lipinski definition) is 8. The minimum atomic E-state index is -1.01. The van der Waals surface area contributed by atoms with E-state index >= 15 is 0 Å². The number of Topliss-reactive ketones (excluding diaryl/α,β-unsaturated/α-hetero) is 1. The highest BCUT2D eigenvalue weighted by Gasteiger charge is 2.49. The molecule has 5 rings (SSSR count). The molecular weight excluding hydrogens is 504 g/mol. The fourth-order valence-corrected chi connectivity index (χ4v) is 5.69. The summed E-state index contributed by atoms with van der Waals surface area (Å²) in [7, 11) is 4.53. The van der Waals surface area contributed by atoms with Gasteiger partial charge in [-0.1, -0.05) is 36.5 Å². The van der Waals surface area contributed by atoms with Crippen LogP contribution in [-0.2, 0) is 16.0 Å². The second-order valence-electron chi connectivity index (χ2n) is 8.63. The maximum Gasteiger partial charge on any atom is 0.301 e. The lowest BCUT2D eigenvalue weighted by Crippen LogP contribution is -2.29. The molecule has 38 heavy (non-hydrogen) atoms. The smallest absolute Gasteiger partial charge is 0.301 e. The average molecular weight is 531 g/mol. The van der Waals surface area contributed by atoms with E-state index in [2.05, 4.69) is 6.92 Å². The monoisotopic (exact) mass is 530 g/mol. The fraction of sp³-hybridized carbons (Fsp3) is 0.207. The minimum Gasteiger partial charge on any atom is -0.507 e. The summed E-state index contributed by atoms with van der Waals surface area (Å²) >= 11 is 1.32. The number of aliphatic hydroxyl groups is 1. The van der Waals surface area contributed by atoms with Gasteiger partial charge in [0, 0.05) is 11.1 Å². The third-order valence-corrected chi connectivity index (χ3v) is 7.61. The summed E-state index contributed by atoms with van der Waals surface area (Å²) in [5.41, 5.74) is 2.64. The predicted octanol–water partition coefficient (Wildman–Crippen LogP) is 5.51. The van der Waals surface area contributed by atoms with Crippen LogP contribution in [0.4, 0.5) is 5.13 Å². The van der Waals surface area contributed by atoms with Crippen LogP contribution in [0.2, 0.25) is 0 Å². The van der Waals surface area contributed by atoms with Crippen LogP contribution in [0.15, 0.2) is 66.2 Å². The van der Waals surface area contributed by atoms with Gasteiger partial charge in [-0.05, 0) is 54.4 Å². The van der Waals surface area contributed by atoms with E-state index in [9.17, 15) is 14.7 Å². The number of rotatable bonds is 7. The van der Waals surface area contributed by atoms with Crippen molar-refractivity contribution in [2.75, 3.05) is 26.2 Å². The largest absolute Gasteiger partial charge is 0.507 e. The highest BCUT2D eigenvalue weighted by atomic mass is 32.1. The molecule has 1 atom stereocenters. The van der Waals surface area contributed by atoms with E-state index in [0.717, 1.165) is 22.2 Å². The average Bonchev–Trinajstić information content (AvgIpc) is 3.49. The lowest BCUT2D eigenvalue weighted by Gasteiger charge is -2.25. The predicted molar refractivity (Wildman–Crippen MR) is 146 cm³/mol. The molecule has 4 aromatic rings. The van der Waals surface area contributed by atoms with Gasteiger partial charge >= 0.3 is 5.91 Å². The molecule has 1 saturated heterocycles. The highest BCUT2D eigenvalue weighted by Crippen LogP contribution is 2.48. The number of carbonyl (C=O) groups excluding carboxylic acids is 2. The van der Waals surface area contributed by atoms with Gasteiger partial charge in [0.2, 0.25) is 0 Å². The van der Waals surface area contributed by atoms with Crippen LogP contribution in [0.1, 0.15) is 29.7 Å². The number of ether oxygens (including phenoxy) is 3. The van der Waals surface area contributed by atoms with Gasteiger partial charge in [0.15, 0.2) is 16.6 Å². The van der Waals surface area contributed by atoms with Crippen LogP contribution in [0.5, 0.6) is 17.2 Å². The van der Waals surface area contributed by atoms with Gasteiger partial charge in [-0.25, -0.2) is 4.98 Å². The van der Waals surface area contributed by atoms with Crippen molar-refractivity contribution < 1.29 is 28.9 Å². The second kappa shape index (κ2) is 10.2. The zero-order valence-corrected chi connectivity index (χ0v) is 22.2. The number of amides is 1. The fourth-order valence-electron chi connectivity index (χ4n) is 4.64. The molecule has 194 valence electrons. The molecule has 3 aromatic carbocycles. The van der Waals surface area contributed by atoms with E-state index in [1.54, 1.807) is 42.5 Å². The summed E-state index contributed by atoms with van der Waals surface area (Å²) in [5.74, 6) is -0.545. The molecule has 1 amide bonds. The third-order valence-electron chi connectivity index (χ3n) is 6.59. The van der Waals surface area contributed by atoms with Gasteiger partial charge in [-0.3, -0.25) is 14.5 Å². The Balaban J connectivity index is 1.76. The maximum atomic E-state index is 13.6. The molecule has 0 saturated carbocycles. The van der Waals surface area contributed by atoms with Crippen LogP contribution >= 0.6 is 11.3 Å². The molecule has 1 fully saturated rings. The first-order valence-electron chi connectivity index (χ1n) is 12.0. The van der Waals surface area contributed by atoms with Gasteiger partial charge in [0.05, 0.1) is 37.1 Å². The number of hydrogen-bond donors (Lipinski definition) is 1. The number of ketones is 1. The molecule has 1 aliphatic rings. The Labute approximate surface area is 223 Å². The molecular formula is C29H26N2O6S. The van der Waals surface area contributed by atoms with Gasteiger partial charge in [-0.2, -0.15) is 0 Å². The first-order chi connectivity index (χ1) is 18.4. The van der Waals surface area contributed by atoms with Crippen molar-refractivity contribution in [2.45, 2.75) is 19.4 Å². The van der Waals surface area contributed by atoms with Gasteiger partial charge in [-0.15, -0.1) is 0 Å². The van der Waals surface area contributed by atoms with Crippen molar-refractivity contribution in [3.05, 3.63) is 82.9 Å². The zero-order valence-electron chi connectivity index (χ0n) is 21.3. The molecule has 1 aliphatic heterocycles. The molecule has 1 aromatic heterocycles. The van der Waals surface area contributed by atoms with Crippen molar-refractivity contribution in [3.8, 4) is 17.2 Å². The van der Waals surface area contributed by atoms with Crippen LogP contribution < -0.4 is 19.1 Å². The lowest BCUT2D eigenvalue weighted by atomic mass is 9.94. The quantitative estimate of drug-likeness (QED) is 0.191. The summed E-state index contributed by atoms with van der Waals surface area (Å²) in [6.45, 7) is 2.07. The molecule has 0 aliphatic carbocycles. The number of aliphatic hydroxyl groups excluding tert-OH is 1. The molecule has 0 radical (unpaired) electrons. The Morgan fingerprint density at radius 2 is 1.76 bits per heavy atom. The molecule has 8 nitrogen and oxygen atoms in total. The molecule has 0 spiro atoms. The number of anilines is 1. The van der Waals surface area contributed by atoms with Crippen molar-refractivity contribution in [1.82, 2.24) is 4.98 Å². The Kier molecular flexibility index (Phi) is 6.77. The summed E-state index contributed by atoms with van der Waals surface area (Å²) in [5, 5.41) is 11.8. The van der Waals surface area contributed by atoms with Crippen LogP contribution in [0, 0.1) is 0 Å². The van der Waals surface area contributed by atoms with E-state index in [4.69, 9.17) is 19.2 Å². The van der Waals surface area contributed by atoms with E-state index in [1.165, 1.54) is 37.6 Å². The molecule has 1 N–H and O–H groups in total. The lowest BCUT2D eigenvalue weighted by molar-refractivity contribution is -0.132. The number of carbonyl (C=O) groups is 2. The zero-order chi connectivity index (χ0) is 27.0. The number of aryl methyl sites for hydroxylation is 1. The van der Waals surface area contributed by atoms with Crippen molar-refractivity contribution in [2.24, 2.45) is 0 Å². The Bertz CT molecular complexity index is 1570. The van der Waals surface area contributed by atoms with Crippen molar-refractivity contribution >= 4 is 44.1 Å². The number of thiazole rings is 1. The van der Waals surface area contributed by atoms with Crippen molar-refractivity contribution in [1.29, 1.82) is 0 Å². The Morgan fingerprint density at radius 3 is 2.42 bits per heavy atom. The van der Waals surface area contributed by atoms with Crippen LogP contribution in [0.3, 0.4) is 0 Å². The Morgan fingerprint density at radius 1 is 1.00 bits per heavy atom. The number of para-hydroxylation sites is 1. The number of methoxy groups -OCH3 is 3. The van der Waals surface area contributed by atoms with Gasteiger partial charge in [0.25, 0.3) is 5.78 Å². The second-order valence-corrected chi connectivity index (χ2v) is 9.64. The number of aromatic nitrogens is 1. The third kappa shape index (κ3) is 4.14. The normalized spacial score (nSPS) is 16.7. The first-order valence-corrected chi connectivity index (χ1v) is 12.8. The first kappa shape index (κ1) is 25.3. The van der Waals surface area contributed by atoms with Crippen molar-refractivity contribution in [3.63, 3.8) is 0 Å². The molecule has 9 heteroatoms. The Hall–Kier alpha value is -4.37. The maximum absolute atomic E-state index is 13.6. The number of fused-ring (bicyclic) bond motifs is 1. The number of nitrogens with zero attached hydrogens (tertiary/aromatic N) is 2.